The average Bonchev–Trinajstić information content (AvgIpc) is 2.35. The van der Waals surface area contributed by atoms with Gasteiger partial charge in [-0.3, -0.25) is 0 Å². The molecule has 0 radical (unpaired) electrons. The maximum Gasteiger partial charge on any atom is 0.134 e. The van der Waals surface area contributed by atoms with Gasteiger partial charge in [-0.15, -0.1) is 0 Å². The van der Waals surface area contributed by atoms with Crippen molar-refractivity contribution in [3.05, 3.63) is 67.9 Å². The van der Waals surface area contributed by atoms with Crippen molar-refractivity contribution in [3.63, 3.8) is 0 Å². The summed E-state index contributed by atoms with van der Waals surface area (Å²) in [6.07, 6.45) is 0. The van der Waals surface area contributed by atoms with E-state index in [2.05, 4.69) is 37.2 Å². The Kier molecular flexibility index (Phi) is 5.46. The van der Waals surface area contributed by atoms with Gasteiger partial charge in [-0.2, -0.15) is 0 Å². The Hall–Kier alpha value is -0.850. The van der Waals surface area contributed by atoms with Crippen LogP contribution in [0.4, 0.5) is 13.2 Å². The summed E-state index contributed by atoms with van der Waals surface area (Å²) in [7, 11) is 0. The van der Waals surface area contributed by atoms with Gasteiger partial charge in [0.2, 0.25) is 0 Å². The van der Waals surface area contributed by atoms with Gasteiger partial charge >= 0.3 is 0 Å². The normalized spacial score (nSPS) is 12.5. The first-order valence-corrected chi connectivity index (χ1v) is 7.84. The van der Waals surface area contributed by atoms with Crippen molar-refractivity contribution in [2.75, 3.05) is 6.54 Å². The zero-order valence-electron chi connectivity index (χ0n) is 11.1. The zero-order chi connectivity index (χ0) is 15.6. The van der Waals surface area contributed by atoms with E-state index in [9.17, 15) is 13.2 Å². The summed E-state index contributed by atoms with van der Waals surface area (Å²) in [6.45, 7) is 2.34. The molecule has 1 N–H and O–H groups in total. The van der Waals surface area contributed by atoms with Gasteiger partial charge in [-0.25, -0.2) is 13.2 Å². The highest BCUT2D eigenvalue weighted by Gasteiger charge is 2.23. The minimum absolute atomic E-state index is 0.191. The molecule has 0 bridgehead atoms. The van der Waals surface area contributed by atoms with E-state index in [0.717, 1.165) is 8.95 Å². The molecule has 2 aromatic carbocycles. The standard InChI is InChI=1S/C15H12Br2F3N/c1-2-21-15(8-3-9(16)5-10(17)4-8)14-12(19)6-11(18)7-13(14)20/h3-7,15,21H,2H2,1H3. The van der Waals surface area contributed by atoms with Crippen LogP contribution in [0.15, 0.2) is 39.3 Å². The van der Waals surface area contributed by atoms with E-state index in [-0.39, 0.29) is 5.56 Å². The molecule has 0 saturated carbocycles. The lowest BCUT2D eigenvalue weighted by Crippen LogP contribution is -2.24. The molecule has 2 rings (SSSR count). The summed E-state index contributed by atoms with van der Waals surface area (Å²) >= 11 is 6.70. The first-order chi connectivity index (χ1) is 9.92. The molecule has 2 aromatic rings. The highest BCUT2D eigenvalue weighted by Crippen LogP contribution is 2.31. The molecule has 1 nitrogen and oxygen atoms in total. The molecule has 0 saturated heterocycles. The molecule has 0 amide bonds. The summed E-state index contributed by atoms with van der Waals surface area (Å²) in [5.74, 6) is -2.75. The molecule has 0 fully saturated rings. The smallest absolute Gasteiger partial charge is 0.134 e. The van der Waals surface area contributed by atoms with E-state index in [4.69, 9.17) is 0 Å². The second kappa shape index (κ2) is 6.94. The van der Waals surface area contributed by atoms with E-state index >= 15 is 0 Å². The Labute approximate surface area is 137 Å². The number of hydrogen-bond donors (Lipinski definition) is 1. The summed E-state index contributed by atoms with van der Waals surface area (Å²) in [6, 6.07) is 6.03. The lowest BCUT2D eigenvalue weighted by molar-refractivity contribution is 0.492. The van der Waals surface area contributed by atoms with Gasteiger partial charge in [0.25, 0.3) is 0 Å². The number of benzene rings is 2. The molecule has 1 atom stereocenters. The predicted molar refractivity (Wildman–Crippen MR) is 83.7 cm³/mol. The van der Waals surface area contributed by atoms with Gasteiger partial charge in [-0.1, -0.05) is 38.8 Å². The molecular weight excluding hydrogens is 411 g/mol. The van der Waals surface area contributed by atoms with E-state index in [1.54, 1.807) is 12.1 Å². The molecule has 0 aliphatic rings. The Morgan fingerprint density at radius 1 is 0.952 bits per heavy atom. The number of hydrogen-bond acceptors (Lipinski definition) is 1. The van der Waals surface area contributed by atoms with Crippen LogP contribution in [0.2, 0.25) is 0 Å². The minimum atomic E-state index is -0.931. The topological polar surface area (TPSA) is 12.0 Å². The Morgan fingerprint density at radius 3 is 1.95 bits per heavy atom. The van der Waals surface area contributed by atoms with Crippen LogP contribution in [-0.2, 0) is 0 Å². The van der Waals surface area contributed by atoms with Crippen LogP contribution in [-0.4, -0.2) is 6.54 Å². The summed E-state index contributed by atoms with van der Waals surface area (Å²) < 4.78 is 42.7. The fourth-order valence-electron chi connectivity index (χ4n) is 2.16. The number of halogens is 5. The van der Waals surface area contributed by atoms with Crippen LogP contribution < -0.4 is 5.32 Å². The zero-order valence-corrected chi connectivity index (χ0v) is 14.2. The summed E-state index contributed by atoms with van der Waals surface area (Å²) in [4.78, 5) is 0. The first-order valence-electron chi connectivity index (χ1n) is 6.26. The molecule has 1 unspecified atom stereocenters. The van der Waals surface area contributed by atoms with Crippen LogP contribution in [0.1, 0.15) is 24.1 Å². The Balaban J connectivity index is 2.58. The molecule has 0 heterocycles. The van der Waals surface area contributed by atoms with Crippen LogP contribution in [0.3, 0.4) is 0 Å². The number of rotatable bonds is 4. The maximum absolute atomic E-state index is 14.0. The molecule has 112 valence electrons. The molecule has 6 heteroatoms. The van der Waals surface area contributed by atoms with Crippen molar-refractivity contribution < 1.29 is 13.2 Å². The molecule has 0 aliphatic heterocycles. The SMILES string of the molecule is CCNC(c1cc(Br)cc(Br)c1)c1c(F)cc(F)cc1F. The van der Waals surface area contributed by atoms with Crippen molar-refractivity contribution >= 4 is 31.9 Å². The predicted octanol–water partition coefficient (Wildman–Crippen LogP) is 5.33. The van der Waals surface area contributed by atoms with Crippen molar-refractivity contribution in [2.45, 2.75) is 13.0 Å². The van der Waals surface area contributed by atoms with Gasteiger partial charge in [0.05, 0.1) is 6.04 Å². The third-order valence-corrected chi connectivity index (χ3v) is 3.87. The van der Waals surface area contributed by atoms with Gasteiger partial charge in [0.15, 0.2) is 0 Å². The second-order valence-electron chi connectivity index (χ2n) is 4.48. The Bertz CT molecular complexity index is 618. The molecule has 0 aliphatic carbocycles. The molecular formula is C15H12Br2F3N. The Morgan fingerprint density at radius 2 is 1.48 bits per heavy atom. The van der Waals surface area contributed by atoms with E-state index in [0.29, 0.717) is 24.2 Å². The van der Waals surface area contributed by atoms with E-state index in [1.807, 2.05) is 13.0 Å². The molecule has 0 spiro atoms. The van der Waals surface area contributed by atoms with Crippen LogP contribution in [0.25, 0.3) is 0 Å². The first kappa shape index (κ1) is 16.5. The minimum Gasteiger partial charge on any atom is -0.306 e. The van der Waals surface area contributed by atoms with Crippen LogP contribution >= 0.6 is 31.9 Å². The lowest BCUT2D eigenvalue weighted by atomic mass is 9.97. The van der Waals surface area contributed by atoms with Gasteiger partial charge < -0.3 is 5.32 Å². The second-order valence-corrected chi connectivity index (χ2v) is 6.31. The van der Waals surface area contributed by atoms with Crippen molar-refractivity contribution in [1.82, 2.24) is 5.32 Å². The van der Waals surface area contributed by atoms with E-state index < -0.39 is 23.5 Å². The van der Waals surface area contributed by atoms with Gasteiger partial charge in [0, 0.05) is 26.6 Å². The largest absolute Gasteiger partial charge is 0.306 e. The maximum atomic E-state index is 14.0. The highest BCUT2D eigenvalue weighted by atomic mass is 79.9. The molecule has 0 aromatic heterocycles. The lowest BCUT2D eigenvalue weighted by Gasteiger charge is -2.21. The quantitative estimate of drug-likeness (QED) is 0.702. The third kappa shape index (κ3) is 3.87. The summed E-state index contributed by atoms with van der Waals surface area (Å²) in [5, 5.41) is 3.03. The van der Waals surface area contributed by atoms with E-state index in [1.165, 1.54) is 0 Å². The van der Waals surface area contributed by atoms with Crippen LogP contribution in [0, 0.1) is 17.5 Å². The number of nitrogens with one attached hydrogen (secondary N) is 1. The summed E-state index contributed by atoms with van der Waals surface area (Å²) in [5.41, 5.74) is 0.478. The average molecular weight is 423 g/mol. The fraction of sp³-hybridized carbons (Fsp3) is 0.200. The van der Waals surface area contributed by atoms with Crippen LogP contribution in [0.5, 0.6) is 0 Å². The fourth-order valence-corrected chi connectivity index (χ4v) is 3.49. The van der Waals surface area contributed by atoms with Crippen molar-refractivity contribution in [2.24, 2.45) is 0 Å². The van der Waals surface area contributed by atoms with Gasteiger partial charge in [-0.05, 0) is 30.3 Å². The van der Waals surface area contributed by atoms with Gasteiger partial charge in [0.1, 0.15) is 17.5 Å². The monoisotopic (exact) mass is 421 g/mol. The van der Waals surface area contributed by atoms with Crippen molar-refractivity contribution in [3.8, 4) is 0 Å². The molecule has 21 heavy (non-hydrogen) atoms. The highest BCUT2D eigenvalue weighted by molar-refractivity contribution is 9.11. The third-order valence-electron chi connectivity index (χ3n) is 2.96. The van der Waals surface area contributed by atoms with Crippen molar-refractivity contribution in [1.29, 1.82) is 0 Å².